The molecular weight excluding hydrogens is 281 g/mol. The first-order valence-electron chi connectivity index (χ1n) is 6.88. The molecule has 1 saturated heterocycles. The molecule has 2 rings (SSSR count). The Morgan fingerprint density at radius 1 is 1.32 bits per heavy atom. The summed E-state index contributed by atoms with van der Waals surface area (Å²) >= 11 is 12.4. The predicted molar refractivity (Wildman–Crippen MR) is 81.6 cm³/mol. The summed E-state index contributed by atoms with van der Waals surface area (Å²) in [4.78, 5) is 0. The Kier molecular flexibility index (Phi) is 5.37. The third kappa shape index (κ3) is 3.77. The molecule has 1 heterocycles. The van der Waals surface area contributed by atoms with Gasteiger partial charge in [0.05, 0.1) is 11.6 Å². The summed E-state index contributed by atoms with van der Waals surface area (Å²) in [5.74, 6) is 1.48. The van der Waals surface area contributed by atoms with Gasteiger partial charge in [0.25, 0.3) is 0 Å². The Morgan fingerprint density at radius 2 is 2.11 bits per heavy atom. The fraction of sp³-hybridized carbons (Fsp3) is 0.600. The van der Waals surface area contributed by atoms with Crippen LogP contribution in [0.25, 0.3) is 0 Å². The molecule has 1 aliphatic rings. The molecule has 1 N–H and O–H groups in total. The molecule has 1 aromatic carbocycles. The first-order chi connectivity index (χ1) is 9.09. The molecule has 2 nitrogen and oxygen atoms in total. The number of halogens is 2. The molecule has 1 atom stereocenters. The maximum atomic E-state index is 6.27. The van der Waals surface area contributed by atoms with Crippen molar-refractivity contribution in [3.63, 3.8) is 0 Å². The summed E-state index contributed by atoms with van der Waals surface area (Å²) in [7, 11) is 0. The molecule has 0 bridgehead atoms. The molecule has 106 valence electrons. The van der Waals surface area contributed by atoms with Gasteiger partial charge < -0.3 is 10.1 Å². The van der Waals surface area contributed by atoms with Crippen LogP contribution >= 0.6 is 23.2 Å². The molecule has 0 amide bonds. The van der Waals surface area contributed by atoms with Crippen LogP contribution in [0.15, 0.2) is 6.07 Å². The van der Waals surface area contributed by atoms with Gasteiger partial charge in [0.15, 0.2) is 0 Å². The van der Waals surface area contributed by atoms with E-state index in [1.807, 2.05) is 19.9 Å². The third-order valence-electron chi connectivity index (χ3n) is 3.75. The molecule has 1 aromatic rings. The van der Waals surface area contributed by atoms with Crippen LogP contribution in [-0.4, -0.2) is 19.7 Å². The lowest BCUT2D eigenvalue weighted by molar-refractivity contribution is 0.254. The van der Waals surface area contributed by atoms with Crippen LogP contribution in [0.3, 0.4) is 0 Å². The van der Waals surface area contributed by atoms with E-state index in [1.165, 1.54) is 12.8 Å². The van der Waals surface area contributed by atoms with Crippen molar-refractivity contribution in [3.8, 4) is 5.75 Å². The van der Waals surface area contributed by atoms with Gasteiger partial charge >= 0.3 is 0 Å². The third-order valence-corrected chi connectivity index (χ3v) is 4.80. The minimum absolute atomic E-state index is 0.636. The fourth-order valence-corrected chi connectivity index (χ4v) is 2.91. The van der Waals surface area contributed by atoms with Crippen molar-refractivity contribution in [2.24, 2.45) is 5.92 Å². The van der Waals surface area contributed by atoms with Crippen molar-refractivity contribution in [2.45, 2.75) is 33.1 Å². The minimum atomic E-state index is 0.636. The smallest absolute Gasteiger partial charge is 0.138 e. The molecule has 0 radical (unpaired) electrons. The largest absolute Gasteiger partial charge is 0.492 e. The van der Waals surface area contributed by atoms with Crippen LogP contribution in [0.4, 0.5) is 0 Å². The van der Waals surface area contributed by atoms with Crippen molar-refractivity contribution in [3.05, 3.63) is 27.2 Å². The number of piperidine rings is 1. The number of hydrogen-bond acceptors (Lipinski definition) is 2. The first-order valence-corrected chi connectivity index (χ1v) is 7.64. The normalized spacial score (nSPS) is 19.5. The quantitative estimate of drug-likeness (QED) is 0.891. The number of aryl methyl sites for hydroxylation is 1. The zero-order chi connectivity index (χ0) is 13.8. The molecular formula is C15H21Cl2NO. The van der Waals surface area contributed by atoms with E-state index in [-0.39, 0.29) is 0 Å². The summed E-state index contributed by atoms with van der Waals surface area (Å²) in [5, 5.41) is 4.79. The van der Waals surface area contributed by atoms with Crippen molar-refractivity contribution >= 4 is 23.2 Å². The van der Waals surface area contributed by atoms with Crippen molar-refractivity contribution < 1.29 is 4.74 Å². The van der Waals surface area contributed by atoms with Gasteiger partial charge in [-0.2, -0.15) is 0 Å². The molecule has 0 spiro atoms. The number of ether oxygens (including phenoxy) is 1. The van der Waals surface area contributed by atoms with Crippen LogP contribution in [-0.2, 0) is 0 Å². The molecule has 0 aromatic heterocycles. The van der Waals surface area contributed by atoms with E-state index < -0.39 is 0 Å². The summed E-state index contributed by atoms with van der Waals surface area (Å²) < 4.78 is 5.84. The summed E-state index contributed by atoms with van der Waals surface area (Å²) in [5.41, 5.74) is 1.91. The van der Waals surface area contributed by atoms with Crippen molar-refractivity contribution in [1.29, 1.82) is 0 Å². The van der Waals surface area contributed by atoms with Gasteiger partial charge in [0.1, 0.15) is 5.75 Å². The molecule has 0 saturated carbocycles. The SMILES string of the molecule is Cc1cc(OCC[C@H]2CCCNC2)c(Cl)c(C)c1Cl. The Bertz CT molecular complexity index is 442. The Balaban J connectivity index is 1.92. The molecule has 1 aliphatic heterocycles. The molecule has 1 fully saturated rings. The lowest BCUT2D eigenvalue weighted by atomic mass is 9.97. The number of rotatable bonds is 4. The highest BCUT2D eigenvalue weighted by Gasteiger charge is 2.14. The second kappa shape index (κ2) is 6.83. The first kappa shape index (κ1) is 15.0. The lowest BCUT2D eigenvalue weighted by Gasteiger charge is -2.22. The summed E-state index contributed by atoms with van der Waals surface area (Å²) in [6, 6.07) is 1.93. The zero-order valence-electron chi connectivity index (χ0n) is 11.6. The van der Waals surface area contributed by atoms with Crippen molar-refractivity contribution in [1.82, 2.24) is 5.32 Å². The van der Waals surface area contributed by atoms with E-state index in [4.69, 9.17) is 27.9 Å². The maximum absolute atomic E-state index is 6.27. The Morgan fingerprint density at radius 3 is 2.79 bits per heavy atom. The Hall–Kier alpha value is -0.440. The molecule has 4 heteroatoms. The minimum Gasteiger partial charge on any atom is -0.492 e. The van der Waals surface area contributed by atoms with E-state index in [0.29, 0.717) is 11.6 Å². The second-order valence-corrected chi connectivity index (χ2v) is 6.05. The topological polar surface area (TPSA) is 21.3 Å². The maximum Gasteiger partial charge on any atom is 0.138 e. The van der Waals surface area contributed by atoms with Gasteiger partial charge in [-0.25, -0.2) is 0 Å². The van der Waals surface area contributed by atoms with Crippen LogP contribution < -0.4 is 10.1 Å². The highest BCUT2D eigenvalue weighted by Crippen LogP contribution is 2.35. The summed E-state index contributed by atoms with van der Waals surface area (Å²) in [6.07, 6.45) is 3.64. The number of nitrogens with one attached hydrogen (secondary N) is 1. The lowest BCUT2D eigenvalue weighted by Crippen LogP contribution is -2.30. The van der Waals surface area contributed by atoms with E-state index in [2.05, 4.69) is 5.32 Å². The van der Waals surface area contributed by atoms with Crippen LogP contribution in [0.5, 0.6) is 5.75 Å². The van der Waals surface area contributed by atoms with E-state index in [1.54, 1.807) is 0 Å². The van der Waals surface area contributed by atoms with Crippen LogP contribution in [0, 0.1) is 19.8 Å². The Labute approximate surface area is 125 Å². The van der Waals surface area contributed by atoms with Crippen molar-refractivity contribution in [2.75, 3.05) is 19.7 Å². The fourth-order valence-electron chi connectivity index (χ4n) is 2.51. The molecule has 19 heavy (non-hydrogen) atoms. The standard InChI is InChI=1S/C15H21Cl2NO/c1-10-8-13(15(17)11(2)14(10)16)19-7-5-12-4-3-6-18-9-12/h8,12,18H,3-7,9H2,1-2H3/t12-/m1/s1. The highest BCUT2D eigenvalue weighted by molar-refractivity contribution is 6.37. The van der Waals surface area contributed by atoms with Gasteiger partial charge in [-0.15, -0.1) is 0 Å². The molecule has 0 aliphatic carbocycles. The predicted octanol–water partition coefficient (Wildman–Crippen LogP) is 4.38. The van der Waals surface area contributed by atoms with Gasteiger partial charge in [0, 0.05) is 5.02 Å². The van der Waals surface area contributed by atoms with E-state index in [9.17, 15) is 0 Å². The monoisotopic (exact) mass is 301 g/mol. The number of benzene rings is 1. The van der Waals surface area contributed by atoms with Crippen LogP contribution in [0.2, 0.25) is 10.0 Å². The van der Waals surface area contributed by atoms with Gasteiger partial charge in [-0.1, -0.05) is 23.2 Å². The van der Waals surface area contributed by atoms with E-state index in [0.717, 1.165) is 47.3 Å². The van der Waals surface area contributed by atoms with Gasteiger partial charge in [-0.05, 0) is 69.3 Å². The second-order valence-electron chi connectivity index (χ2n) is 5.29. The van der Waals surface area contributed by atoms with E-state index >= 15 is 0 Å². The highest BCUT2D eigenvalue weighted by atomic mass is 35.5. The number of hydrogen-bond donors (Lipinski definition) is 1. The molecule has 0 unspecified atom stereocenters. The average molecular weight is 302 g/mol. The summed E-state index contributed by atoms with van der Waals surface area (Å²) in [6.45, 7) is 6.88. The average Bonchev–Trinajstić information content (AvgIpc) is 2.43. The van der Waals surface area contributed by atoms with Gasteiger partial charge in [0.2, 0.25) is 0 Å². The van der Waals surface area contributed by atoms with Crippen LogP contribution in [0.1, 0.15) is 30.4 Å². The zero-order valence-corrected chi connectivity index (χ0v) is 13.1. The van der Waals surface area contributed by atoms with Gasteiger partial charge in [-0.3, -0.25) is 0 Å².